The highest BCUT2D eigenvalue weighted by molar-refractivity contribution is 7.91. The Labute approximate surface area is 117 Å². The third kappa shape index (κ3) is 1.97. The molecule has 0 amide bonds. The molecule has 0 bridgehead atoms. The minimum absolute atomic E-state index is 0.185. The van der Waals surface area contributed by atoms with Gasteiger partial charge in [-0.15, -0.1) is 0 Å². The number of nitrogens with two attached hydrogens (primary N) is 1. The summed E-state index contributed by atoms with van der Waals surface area (Å²) in [7, 11) is -1.73. The maximum absolute atomic E-state index is 11.9. The van der Waals surface area contributed by atoms with E-state index >= 15 is 0 Å². The normalized spacial score (nSPS) is 31.4. The van der Waals surface area contributed by atoms with Crippen molar-refractivity contribution in [1.29, 1.82) is 0 Å². The predicted molar refractivity (Wildman–Crippen MR) is 72.7 cm³/mol. The Balaban J connectivity index is 1.97. The van der Waals surface area contributed by atoms with Gasteiger partial charge in [-0.05, 0) is 17.7 Å². The molecule has 20 heavy (non-hydrogen) atoms. The van der Waals surface area contributed by atoms with Gasteiger partial charge in [0.2, 0.25) is 6.79 Å². The molecule has 2 N–H and O–H groups in total. The van der Waals surface area contributed by atoms with Gasteiger partial charge < -0.3 is 19.9 Å². The number of fused-ring (bicyclic) bond motifs is 1. The number of sulfone groups is 1. The molecule has 0 unspecified atom stereocenters. The molecule has 0 saturated heterocycles. The molecule has 1 heterocycles. The molecular weight excluding hydrogens is 282 g/mol. The first-order valence-electron chi connectivity index (χ1n) is 6.24. The van der Waals surface area contributed by atoms with E-state index in [1.165, 1.54) is 13.4 Å². The van der Waals surface area contributed by atoms with Gasteiger partial charge in [0.05, 0.1) is 17.4 Å². The summed E-state index contributed by atoms with van der Waals surface area (Å²) in [5, 5.41) is -0.629. The number of rotatable bonds is 4. The largest absolute Gasteiger partial charge is 0.454 e. The van der Waals surface area contributed by atoms with E-state index in [1.807, 2.05) is 6.07 Å². The van der Waals surface area contributed by atoms with Crippen LogP contribution in [-0.2, 0) is 14.6 Å². The summed E-state index contributed by atoms with van der Waals surface area (Å²) >= 11 is 0. The van der Waals surface area contributed by atoms with E-state index in [4.69, 9.17) is 19.9 Å². The van der Waals surface area contributed by atoms with Gasteiger partial charge in [0.15, 0.2) is 21.3 Å². The number of ether oxygens (including phenoxy) is 3. The molecule has 3 atom stereocenters. The van der Waals surface area contributed by atoms with E-state index < -0.39 is 20.6 Å². The van der Waals surface area contributed by atoms with Crippen molar-refractivity contribution in [1.82, 2.24) is 0 Å². The Morgan fingerprint density at radius 1 is 1.40 bits per heavy atom. The van der Waals surface area contributed by atoms with Crippen molar-refractivity contribution in [3.05, 3.63) is 23.8 Å². The van der Waals surface area contributed by atoms with Crippen LogP contribution in [0.2, 0.25) is 0 Å². The average molecular weight is 299 g/mol. The van der Waals surface area contributed by atoms with Gasteiger partial charge in [0, 0.05) is 19.3 Å². The lowest BCUT2D eigenvalue weighted by Crippen LogP contribution is -2.35. The Hall–Kier alpha value is -1.31. The van der Waals surface area contributed by atoms with Gasteiger partial charge in [-0.3, -0.25) is 0 Å². The molecule has 1 saturated carbocycles. The predicted octanol–water partition coefficient (Wildman–Crippen LogP) is 0.270. The number of benzene rings is 1. The highest BCUT2D eigenvalue weighted by atomic mass is 32.2. The molecule has 1 aromatic carbocycles. The van der Waals surface area contributed by atoms with Crippen molar-refractivity contribution in [3.63, 3.8) is 0 Å². The van der Waals surface area contributed by atoms with Crippen LogP contribution in [0.3, 0.4) is 0 Å². The summed E-state index contributed by atoms with van der Waals surface area (Å²) < 4.78 is 39.5. The van der Waals surface area contributed by atoms with Crippen molar-refractivity contribution in [2.24, 2.45) is 5.73 Å². The lowest BCUT2D eigenvalue weighted by molar-refractivity contribution is 0.171. The highest BCUT2D eigenvalue weighted by Gasteiger charge is 2.68. The van der Waals surface area contributed by atoms with Crippen molar-refractivity contribution in [3.8, 4) is 11.5 Å². The zero-order valence-electron chi connectivity index (χ0n) is 11.3. The number of hydrogen-bond acceptors (Lipinski definition) is 6. The fraction of sp³-hybridized carbons (Fsp3) is 0.538. The van der Waals surface area contributed by atoms with E-state index in [0.29, 0.717) is 11.5 Å². The zero-order chi connectivity index (χ0) is 14.5. The molecular formula is C13H17NO5S. The van der Waals surface area contributed by atoms with E-state index in [2.05, 4.69) is 0 Å². The third-order valence-electron chi connectivity index (χ3n) is 3.91. The van der Waals surface area contributed by atoms with E-state index in [0.717, 1.165) is 5.56 Å². The van der Waals surface area contributed by atoms with Gasteiger partial charge in [0.1, 0.15) is 0 Å². The lowest BCUT2D eigenvalue weighted by atomic mass is 10.1. The number of methoxy groups -OCH3 is 1. The fourth-order valence-electron chi connectivity index (χ4n) is 3.08. The van der Waals surface area contributed by atoms with Gasteiger partial charge in [-0.25, -0.2) is 8.42 Å². The average Bonchev–Trinajstić information content (AvgIpc) is 2.77. The Morgan fingerprint density at radius 3 is 2.75 bits per heavy atom. The first-order chi connectivity index (χ1) is 9.38. The summed E-state index contributed by atoms with van der Waals surface area (Å²) in [6.45, 7) is 0.384. The van der Waals surface area contributed by atoms with Crippen LogP contribution in [0.25, 0.3) is 0 Å². The van der Waals surface area contributed by atoms with Crippen molar-refractivity contribution in [2.75, 3.05) is 26.8 Å². The van der Waals surface area contributed by atoms with Gasteiger partial charge in [-0.1, -0.05) is 6.07 Å². The summed E-state index contributed by atoms with van der Waals surface area (Å²) in [5.41, 5.74) is 6.19. The first kappa shape index (κ1) is 13.7. The van der Waals surface area contributed by atoms with Gasteiger partial charge in [0.25, 0.3) is 0 Å². The molecule has 7 heteroatoms. The van der Waals surface area contributed by atoms with Crippen LogP contribution >= 0.6 is 0 Å². The van der Waals surface area contributed by atoms with Gasteiger partial charge >= 0.3 is 0 Å². The van der Waals surface area contributed by atoms with Crippen molar-refractivity contribution >= 4 is 9.84 Å². The Kier molecular flexibility index (Phi) is 2.97. The Bertz CT molecular complexity index is 644. The summed E-state index contributed by atoms with van der Waals surface area (Å²) in [4.78, 5) is 0. The van der Waals surface area contributed by atoms with Crippen LogP contribution in [0.15, 0.2) is 18.2 Å². The van der Waals surface area contributed by atoms with Crippen LogP contribution in [0, 0.1) is 0 Å². The SMILES string of the molecule is COC[C@]1(N)[C@H](c2ccc3c(c2)OCO3)[C@H]1S(C)(=O)=O. The third-order valence-corrected chi connectivity index (χ3v) is 5.55. The molecule has 0 radical (unpaired) electrons. The quantitative estimate of drug-likeness (QED) is 0.858. The topological polar surface area (TPSA) is 87.8 Å². The Morgan fingerprint density at radius 2 is 2.10 bits per heavy atom. The van der Waals surface area contributed by atoms with E-state index in [-0.39, 0.29) is 19.3 Å². The van der Waals surface area contributed by atoms with Crippen LogP contribution in [0.5, 0.6) is 11.5 Å². The highest BCUT2D eigenvalue weighted by Crippen LogP contribution is 2.55. The minimum Gasteiger partial charge on any atom is -0.454 e. The second-order valence-corrected chi connectivity index (χ2v) is 7.55. The lowest BCUT2D eigenvalue weighted by Gasteiger charge is -2.10. The monoisotopic (exact) mass is 299 g/mol. The maximum Gasteiger partial charge on any atom is 0.231 e. The molecule has 110 valence electrons. The fourth-order valence-corrected chi connectivity index (χ4v) is 4.92. The van der Waals surface area contributed by atoms with Crippen molar-refractivity contribution in [2.45, 2.75) is 16.7 Å². The molecule has 1 aliphatic carbocycles. The van der Waals surface area contributed by atoms with Crippen LogP contribution in [-0.4, -0.2) is 46.0 Å². The molecule has 1 fully saturated rings. The standard InChI is InChI=1S/C13H17NO5S/c1-17-6-13(14)11(12(13)20(2,15)16)8-3-4-9-10(5-8)19-7-18-9/h3-5,11-12H,6-7,14H2,1-2H3/t11-,12-,13+/m1/s1. The summed E-state index contributed by atoms with van der Waals surface area (Å²) in [5.74, 6) is 1.01. The minimum atomic E-state index is -3.25. The number of hydrogen-bond donors (Lipinski definition) is 1. The van der Waals surface area contributed by atoms with Crippen molar-refractivity contribution < 1.29 is 22.6 Å². The summed E-state index contributed by atoms with van der Waals surface area (Å²) in [6.07, 6.45) is 1.21. The second kappa shape index (κ2) is 4.34. The summed E-state index contributed by atoms with van der Waals surface area (Å²) in [6, 6.07) is 5.42. The zero-order valence-corrected chi connectivity index (χ0v) is 12.1. The first-order valence-corrected chi connectivity index (χ1v) is 8.19. The van der Waals surface area contributed by atoms with E-state index in [9.17, 15) is 8.42 Å². The van der Waals surface area contributed by atoms with E-state index in [1.54, 1.807) is 12.1 Å². The second-order valence-electron chi connectivity index (χ2n) is 5.39. The van der Waals surface area contributed by atoms with Gasteiger partial charge in [-0.2, -0.15) is 0 Å². The molecule has 0 aromatic heterocycles. The smallest absolute Gasteiger partial charge is 0.231 e. The molecule has 0 spiro atoms. The molecule has 2 aliphatic rings. The van der Waals surface area contributed by atoms with Crippen LogP contribution in [0.4, 0.5) is 0 Å². The maximum atomic E-state index is 11.9. The van der Waals surface area contributed by atoms with Crippen LogP contribution < -0.4 is 15.2 Å². The molecule has 1 aromatic rings. The van der Waals surface area contributed by atoms with Crippen LogP contribution in [0.1, 0.15) is 11.5 Å². The molecule has 6 nitrogen and oxygen atoms in total. The molecule has 1 aliphatic heterocycles. The molecule has 3 rings (SSSR count).